The number of fused-ring (bicyclic) bond motifs is 1. The van der Waals surface area contributed by atoms with Crippen molar-refractivity contribution in [2.45, 2.75) is 25.2 Å². The lowest BCUT2D eigenvalue weighted by Gasteiger charge is -2.12. The number of carbonyl (C=O) groups excluding carboxylic acids is 1. The summed E-state index contributed by atoms with van der Waals surface area (Å²) in [5.74, 6) is -3.92. The minimum atomic E-state index is -4.06. The SMILES string of the molecule is O=C(Nc1cnc2[nH]nc(C3CC3)c2c1)c1c(F)ccc(NS(=O)(=O)CCCF)c1F. The van der Waals surface area contributed by atoms with Crippen LogP contribution in [-0.2, 0) is 10.0 Å². The molecule has 3 aromatic rings. The highest BCUT2D eigenvalue weighted by Crippen LogP contribution is 2.42. The smallest absolute Gasteiger partial charge is 0.261 e. The van der Waals surface area contributed by atoms with Gasteiger partial charge in [0.2, 0.25) is 10.0 Å². The van der Waals surface area contributed by atoms with Gasteiger partial charge in [0, 0.05) is 11.3 Å². The van der Waals surface area contributed by atoms with Crippen molar-refractivity contribution in [3.05, 3.63) is 47.3 Å². The van der Waals surface area contributed by atoms with Gasteiger partial charge >= 0.3 is 0 Å². The first-order chi connectivity index (χ1) is 14.8. The number of nitrogens with zero attached hydrogens (tertiary/aromatic N) is 2. The summed E-state index contributed by atoms with van der Waals surface area (Å²) in [6.45, 7) is -0.863. The van der Waals surface area contributed by atoms with E-state index in [-0.39, 0.29) is 12.1 Å². The van der Waals surface area contributed by atoms with Crippen LogP contribution in [-0.4, -0.2) is 41.9 Å². The van der Waals surface area contributed by atoms with Gasteiger partial charge in [-0.15, -0.1) is 0 Å². The lowest BCUT2D eigenvalue weighted by Crippen LogP contribution is -2.21. The second-order valence-corrected chi connectivity index (χ2v) is 9.05. The molecule has 4 rings (SSSR count). The summed E-state index contributed by atoms with van der Waals surface area (Å²) in [5, 5.41) is 10.1. The molecule has 1 aliphatic carbocycles. The molecule has 1 fully saturated rings. The van der Waals surface area contributed by atoms with Crippen LogP contribution in [0.5, 0.6) is 0 Å². The molecule has 0 saturated heterocycles. The van der Waals surface area contributed by atoms with Crippen molar-refractivity contribution in [2.75, 3.05) is 22.5 Å². The van der Waals surface area contributed by atoms with Gasteiger partial charge in [0.1, 0.15) is 11.4 Å². The number of hydrogen-bond donors (Lipinski definition) is 3. The summed E-state index contributed by atoms with van der Waals surface area (Å²) in [6.07, 6.45) is 3.04. The third-order valence-electron chi connectivity index (χ3n) is 4.80. The monoisotopic (exact) mass is 453 g/mol. The summed E-state index contributed by atoms with van der Waals surface area (Å²) in [6, 6.07) is 3.24. The molecule has 0 radical (unpaired) electrons. The van der Waals surface area contributed by atoms with Crippen LogP contribution in [0.1, 0.15) is 41.2 Å². The molecule has 2 heterocycles. The van der Waals surface area contributed by atoms with E-state index in [2.05, 4.69) is 20.5 Å². The van der Waals surface area contributed by atoms with Crippen LogP contribution < -0.4 is 10.0 Å². The van der Waals surface area contributed by atoms with Crippen molar-refractivity contribution >= 4 is 38.3 Å². The van der Waals surface area contributed by atoms with E-state index in [9.17, 15) is 26.4 Å². The van der Waals surface area contributed by atoms with Crippen LogP contribution in [0.3, 0.4) is 0 Å². The topological polar surface area (TPSA) is 117 Å². The number of amides is 1. The molecular formula is C19H18F3N5O3S. The third kappa shape index (κ3) is 4.48. The Hall–Kier alpha value is -3.15. The molecule has 8 nitrogen and oxygen atoms in total. The van der Waals surface area contributed by atoms with Crippen LogP contribution in [0.25, 0.3) is 11.0 Å². The van der Waals surface area contributed by atoms with Gasteiger partial charge in [-0.3, -0.25) is 19.0 Å². The maximum Gasteiger partial charge on any atom is 0.261 e. The summed E-state index contributed by atoms with van der Waals surface area (Å²) in [4.78, 5) is 16.7. The number of anilines is 2. The van der Waals surface area contributed by atoms with Crippen molar-refractivity contribution in [1.29, 1.82) is 0 Å². The Morgan fingerprint density at radius 2 is 2.03 bits per heavy atom. The molecule has 2 aromatic heterocycles. The molecule has 3 N–H and O–H groups in total. The number of hydrogen-bond acceptors (Lipinski definition) is 5. The Balaban J connectivity index is 1.59. The lowest BCUT2D eigenvalue weighted by atomic mass is 10.1. The zero-order valence-electron chi connectivity index (χ0n) is 16.1. The molecule has 0 unspecified atom stereocenters. The van der Waals surface area contributed by atoms with E-state index >= 15 is 0 Å². The van der Waals surface area contributed by atoms with Crippen molar-refractivity contribution in [3.8, 4) is 0 Å². The number of halogens is 3. The van der Waals surface area contributed by atoms with E-state index in [1.54, 1.807) is 6.07 Å². The molecule has 0 aliphatic heterocycles. The second-order valence-electron chi connectivity index (χ2n) is 7.20. The highest BCUT2D eigenvalue weighted by molar-refractivity contribution is 7.92. The van der Waals surface area contributed by atoms with Crippen LogP contribution in [0.15, 0.2) is 24.4 Å². The molecule has 0 atom stereocenters. The largest absolute Gasteiger partial charge is 0.320 e. The number of pyridine rings is 1. The maximum absolute atomic E-state index is 14.8. The van der Waals surface area contributed by atoms with Gasteiger partial charge in [0.05, 0.1) is 35.7 Å². The van der Waals surface area contributed by atoms with Crippen LogP contribution in [0, 0.1) is 11.6 Å². The van der Waals surface area contributed by atoms with Gasteiger partial charge in [-0.05, 0) is 37.5 Å². The first kappa shape index (κ1) is 21.1. The van der Waals surface area contributed by atoms with Crippen LogP contribution in [0.4, 0.5) is 24.5 Å². The van der Waals surface area contributed by atoms with Gasteiger partial charge in [-0.2, -0.15) is 5.10 Å². The number of rotatable bonds is 8. The van der Waals surface area contributed by atoms with E-state index in [0.717, 1.165) is 30.7 Å². The number of aromatic nitrogens is 3. The van der Waals surface area contributed by atoms with Crippen molar-refractivity contribution < 1.29 is 26.4 Å². The molecule has 0 spiro atoms. The number of alkyl halides is 1. The fourth-order valence-electron chi connectivity index (χ4n) is 3.16. The van der Waals surface area contributed by atoms with Gasteiger partial charge in [0.15, 0.2) is 11.5 Å². The third-order valence-corrected chi connectivity index (χ3v) is 6.16. The lowest BCUT2D eigenvalue weighted by molar-refractivity contribution is 0.101. The van der Waals surface area contributed by atoms with E-state index in [4.69, 9.17) is 0 Å². The average Bonchev–Trinajstić information content (AvgIpc) is 3.48. The number of benzene rings is 1. The summed E-state index contributed by atoms with van der Waals surface area (Å²) < 4.78 is 67.0. The second kappa shape index (κ2) is 8.17. The van der Waals surface area contributed by atoms with E-state index in [1.165, 1.54) is 6.20 Å². The predicted molar refractivity (Wildman–Crippen MR) is 108 cm³/mol. The van der Waals surface area contributed by atoms with E-state index in [1.807, 2.05) is 4.72 Å². The van der Waals surface area contributed by atoms with Crippen LogP contribution >= 0.6 is 0 Å². The fraction of sp³-hybridized carbons (Fsp3) is 0.316. The summed E-state index contributed by atoms with van der Waals surface area (Å²) in [7, 11) is -4.06. The van der Waals surface area contributed by atoms with Crippen molar-refractivity contribution in [1.82, 2.24) is 15.2 Å². The van der Waals surface area contributed by atoms with E-state index in [0.29, 0.717) is 17.0 Å². The van der Waals surface area contributed by atoms with Gasteiger partial charge in [-0.25, -0.2) is 22.2 Å². The minimum absolute atomic E-state index is 0.202. The number of nitrogens with one attached hydrogen (secondary N) is 3. The molecule has 0 bridgehead atoms. The Labute approximate surface area is 175 Å². The van der Waals surface area contributed by atoms with E-state index < -0.39 is 51.2 Å². The van der Waals surface area contributed by atoms with Crippen molar-refractivity contribution in [3.63, 3.8) is 0 Å². The zero-order chi connectivity index (χ0) is 22.2. The molecular weight excluding hydrogens is 435 g/mol. The minimum Gasteiger partial charge on any atom is -0.320 e. The number of H-pyrrole nitrogens is 1. The molecule has 31 heavy (non-hydrogen) atoms. The molecule has 1 aromatic carbocycles. The van der Waals surface area contributed by atoms with Gasteiger partial charge in [-0.1, -0.05) is 0 Å². The molecule has 12 heteroatoms. The Kier molecular flexibility index (Phi) is 5.56. The fourth-order valence-corrected chi connectivity index (χ4v) is 4.24. The van der Waals surface area contributed by atoms with Gasteiger partial charge in [0.25, 0.3) is 5.91 Å². The standard InChI is InChI=1S/C19H18F3N5O3S/c20-6-1-7-31(29,30)27-14-5-4-13(21)15(16(14)22)19(28)24-11-8-12-17(10-2-3-10)25-26-18(12)23-9-11/h4-5,8-10,27H,1-3,6-7H2,(H,24,28)(H,23,25,26). The average molecular weight is 453 g/mol. The molecule has 164 valence electrons. The number of aromatic amines is 1. The normalized spacial score (nSPS) is 14.0. The summed E-state index contributed by atoms with van der Waals surface area (Å²) in [5.41, 5.74) is -0.0126. The first-order valence-electron chi connectivity index (χ1n) is 9.49. The van der Waals surface area contributed by atoms with Gasteiger partial charge < -0.3 is 5.32 Å². The Morgan fingerprint density at radius 1 is 1.26 bits per heavy atom. The highest BCUT2D eigenvalue weighted by Gasteiger charge is 2.29. The molecule has 1 amide bonds. The quantitative estimate of drug-likeness (QED) is 0.483. The number of carbonyl (C=O) groups is 1. The predicted octanol–water partition coefficient (Wildman–Crippen LogP) is 3.47. The summed E-state index contributed by atoms with van der Waals surface area (Å²) >= 11 is 0. The Bertz CT molecular complexity index is 1260. The maximum atomic E-state index is 14.8. The van der Waals surface area contributed by atoms with Crippen LogP contribution in [0.2, 0.25) is 0 Å². The molecule has 1 saturated carbocycles. The number of sulfonamides is 1. The Morgan fingerprint density at radius 3 is 2.74 bits per heavy atom. The zero-order valence-corrected chi connectivity index (χ0v) is 16.9. The highest BCUT2D eigenvalue weighted by atomic mass is 32.2. The molecule has 1 aliphatic rings. The van der Waals surface area contributed by atoms with Crippen molar-refractivity contribution in [2.24, 2.45) is 0 Å². The first-order valence-corrected chi connectivity index (χ1v) is 11.1.